The molecular weight excluding hydrogens is 543 g/mol. The molecule has 155 valence electrons. The number of rotatable bonds is 5. The van der Waals surface area contributed by atoms with E-state index in [1.807, 2.05) is 0 Å². The van der Waals surface area contributed by atoms with E-state index in [-0.39, 0.29) is 0 Å². The van der Waals surface area contributed by atoms with Crippen LogP contribution in [0.25, 0.3) is 21.5 Å². The maximum atomic E-state index is 2.30. The molecule has 0 N–H and O–H groups in total. The van der Waals surface area contributed by atoms with Gasteiger partial charge >= 0.3 is 55.0 Å². The molecule has 0 amide bonds. The standard InChI is InChI=1S/2C12H13.C4H9Si.Hf/c2*1-3-10-7-11-6-4-5-9(2)12(11)8-10;1-2-3-4-5;/h2*4-8H,3H2,1-2H3;2-4H2,1H3;/q2*-1;;+2. The molecule has 4 rings (SSSR count). The Labute approximate surface area is 199 Å². The normalized spacial score (nSPS) is 10.4. The molecule has 2 heteroatoms. The number of hydrogen-bond donors (Lipinski definition) is 0. The van der Waals surface area contributed by atoms with Crippen molar-refractivity contribution in [1.29, 1.82) is 0 Å². The molecule has 4 aromatic carbocycles. The molecule has 0 aliphatic carbocycles. The molecule has 1 radical (unpaired) electrons. The molecule has 0 nitrogen and oxygen atoms in total. The Morgan fingerprint density at radius 2 is 1.23 bits per heavy atom. The first kappa shape index (κ1) is 25.0. The van der Waals surface area contributed by atoms with Crippen molar-refractivity contribution >= 4 is 27.8 Å². The first-order valence-electron chi connectivity index (χ1n) is 11.2. The first-order chi connectivity index (χ1) is 14.5. The van der Waals surface area contributed by atoms with E-state index < -0.39 is 0 Å². The van der Waals surface area contributed by atoms with Crippen molar-refractivity contribution in [3.63, 3.8) is 0 Å². The molecule has 0 aromatic heterocycles. The molecule has 0 saturated heterocycles. The van der Waals surface area contributed by atoms with Crippen molar-refractivity contribution in [2.45, 2.75) is 66.3 Å². The summed E-state index contributed by atoms with van der Waals surface area (Å²) in [6.45, 7) is 11.0. The zero-order valence-electron chi connectivity index (χ0n) is 19.3. The van der Waals surface area contributed by atoms with Crippen molar-refractivity contribution in [3.8, 4) is 0 Å². The van der Waals surface area contributed by atoms with Gasteiger partial charge in [0.1, 0.15) is 0 Å². The van der Waals surface area contributed by atoms with E-state index in [4.69, 9.17) is 0 Å². The van der Waals surface area contributed by atoms with Crippen LogP contribution in [0.2, 0.25) is 6.04 Å². The van der Waals surface area contributed by atoms with Crippen molar-refractivity contribution in [2.75, 3.05) is 0 Å². The summed E-state index contributed by atoms with van der Waals surface area (Å²) in [5, 5.41) is 5.59. The summed E-state index contributed by atoms with van der Waals surface area (Å²) in [5.41, 5.74) is 5.65. The second-order valence-corrected chi connectivity index (χ2v) is 12.5. The summed E-state index contributed by atoms with van der Waals surface area (Å²) in [4.78, 5) is 0. The summed E-state index contributed by atoms with van der Waals surface area (Å²) in [7, 11) is 0. The molecule has 30 heavy (non-hydrogen) atoms. The summed E-state index contributed by atoms with van der Waals surface area (Å²) in [5.74, 6) is 0. The van der Waals surface area contributed by atoms with E-state index in [0.29, 0.717) is 0 Å². The van der Waals surface area contributed by atoms with Crippen LogP contribution in [0.1, 0.15) is 55.9 Å². The van der Waals surface area contributed by atoms with Gasteiger partial charge in [-0.15, -0.1) is 69.1 Å². The first-order valence-corrected chi connectivity index (χ1v) is 17.8. The van der Waals surface area contributed by atoms with Crippen LogP contribution in [0.15, 0.2) is 60.7 Å². The van der Waals surface area contributed by atoms with Gasteiger partial charge in [-0.05, 0) is 26.7 Å². The maximum absolute atomic E-state index is 2.30. The molecule has 0 bridgehead atoms. The summed E-state index contributed by atoms with van der Waals surface area (Å²) >= 11 is 1.43. The topological polar surface area (TPSA) is 0 Å². The van der Waals surface area contributed by atoms with Crippen LogP contribution in [0.5, 0.6) is 0 Å². The second kappa shape index (κ2) is 13.2. The van der Waals surface area contributed by atoms with Gasteiger partial charge in [0.15, 0.2) is 0 Å². The molecule has 0 aliphatic rings. The van der Waals surface area contributed by atoms with Gasteiger partial charge in [-0.25, -0.2) is 0 Å². The fourth-order valence-corrected chi connectivity index (χ4v) is 6.02. The smallest absolute Gasteiger partial charge is 0.0487 e. The third-order valence-corrected chi connectivity index (χ3v) is 8.83. The molecule has 0 fully saturated rings. The molecular formula is C28H35HfSi. The Hall–Kier alpha value is -1.25. The fourth-order valence-electron chi connectivity index (χ4n) is 3.58. The van der Waals surface area contributed by atoms with Crippen LogP contribution in [-0.4, -0.2) is 6.22 Å². The predicted octanol–water partition coefficient (Wildman–Crippen LogP) is 8.23. The van der Waals surface area contributed by atoms with Crippen LogP contribution in [0, 0.1) is 13.8 Å². The Morgan fingerprint density at radius 3 is 1.53 bits per heavy atom. The Kier molecular flexibility index (Phi) is 11.0. The molecule has 0 aliphatic heterocycles. The van der Waals surface area contributed by atoms with E-state index in [1.165, 1.54) is 91.9 Å². The number of benzene rings is 2. The maximum Gasteiger partial charge on any atom is -0.0487 e. The third-order valence-electron chi connectivity index (χ3n) is 5.53. The number of fused-ring (bicyclic) bond motifs is 2. The van der Waals surface area contributed by atoms with Gasteiger partial charge < -0.3 is 0 Å². The minimum atomic E-state index is 1.13. The minimum Gasteiger partial charge on any atom is -0.165 e. The monoisotopic (exact) mass is 579 g/mol. The average Bonchev–Trinajstić information content (AvgIpc) is 3.38. The van der Waals surface area contributed by atoms with Crippen molar-refractivity contribution in [2.24, 2.45) is 0 Å². The van der Waals surface area contributed by atoms with Gasteiger partial charge in [-0.1, -0.05) is 37.1 Å². The van der Waals surface area contributed by atoms with Gasteiger partial charge in [-0.2, -0.15) is 12.1 Å². The van der Waals surface area contributed by atoms with Crippen LogP contribution in [0.4, 0.5) is 0 Å². The second-order valence-electron chi connectivity index (χ2n) is 7.87. The predicted molar refractivity (Wildman–Crippen MR) is 133 cm³/mol. The van der Waals surface area contributed by atoms with Gasteiger partial charge in [0.2, 0.25) is 0 Å². The van der Waals surface area contributed by atoms with Crippen LogP contribution < -0.4 is 0 Å². The number of unbranched alkanes of at least 4 members (excludes halogenated alkanes) is 1. The fraction of sp³-hybridized carbons (Fsp3) is 0.357. The van der Waals surface area contributed by atoms with E-state index >= 15 is 0 Å². The Morgan fingerprint density at radius 1 is 0.767 bits per heavy atom. The third kappa shape index (κ3) is 7.16. The molecule has 4 aromatic rings. The van der Waals surface area contributed by atoms with Gasteiger partial charge in [-0.3, -0.25) is 0 Å². The quantitative estimate of drug-likeness (QED) is 0.127. The van der Waals surface area contributed by atoms with E-state index in [1.54, 1.807) is 0 Å². The summed E-state index contributed by atoms with van der Waals surface area (Å²) < 4.78 is 0. The van der Waals surface area contributed by atoms with Gasteiger partial charge in [0.25, 0.3) is 0 Å². The number of aryl methyl sites for hydroxylation is 4. The van der Waals surface area contributed by atoms with Crippen LogP contribution in [-0.2, 0) is 35.8 Å². The van der Waals surface area contributed by atoms with Crippen molar-refractivity contribution in [3.05, 3.63) is 82.9 Å². The Bertz CT molecular complexity index is 971. The van der Waals surface area contributed by atoms with Crippen molar-refractivity contribution in [1.82, 2.24) is 0 Å². The van der Waals surface area contributed by atoms with E-state index in [2.05, 4.69) is 95.3 Å². The van der Waals surface area contributed by atoms with E-state index in [9.17, 15) is 0 Å². The largest absolute Gasteiger partial charge is 0.165 e. The van der Waals surface area contributed by atoms with Crippen LogP contribution in [0.3, 0.4) is 0 Å². The van der Waals surface area contributed by atoms with Gasteiger partial charge in [0, 0.05) is 0 Å². The molecule has 0 spiro atoms. The zero-order valence-corrected chi connectivity index (χ0v) is 23.9. The summed E-state index contributed by atoms with van der Waals surface area (Å²) in [6, 6.07) is 23.6. The molecule has 0 heterocycles. The minimum absolute atomic E-state index is 1.13. The summed E-state index contributed by atoms with van der Waals surface area (Å²) in [6.07, 6.45) is 6.41. The van der Waals surface area contributed by atoms with Crippen molar-refractivity contribution < 1.29 is 23.0 Å². The molecule has 0 atom stereocenters. The van der Waals surface area contributed by atoms with Crippen LogP contribution >= 0.6 is 0 Å². The molecule has 0 saturated carbocycles. The average molecular weight is 578 g/mol. The SMILES string of the molecule is CCCC[Si]=[Hf+2].CCc1cc2c(C)cccc2[cH-]1.CCc1cc2c(C)cccc2[cH-]1. The Balaban J connectivity index is 0.000000171. The number of hydrogen-bond acceptors (Lipinski definition) is 0. The zero-order chi connectivity index (χ0) is 21.9. The van der Waals surface area contributed by atoms with E-state index in [0.717, 1.165) is 12.8 Å². The van der Waals surface area contributed by atoms with Gasteiger partial charge in [0.05, 0.1) is 0 Å². The molecule has 0 unspecified atom stereocenters.